The van der Waals surface area contributed by atoms with E-state index in [1.807, 2.05) is 0 Å². The largest absolute Gasteiger partial charge is 0.391 e. The fourth-order valence-corrected chi connectivity index (χ4v) is 1.96. The fraction of sp³-hybridized carbons (Fsp3) is 1.00. The van der Waals surface area contributed by atoms with Crippen molar-refractivity contribution in [1.82, 2.24) is 0 Å². The normalized spacial score (nSPS) is 31.7. The van der Waals surface area contributed by atoms with Gasteiger partial charge in [-0.2, -0.15) is 13.2 Å². The SMILES string of the molecule is COCCO[C@@H]1CC[C@H](C(F)(F)F)C[C@@H]1N. The number of hydrogen-bond donors (Lipinski definition) is 1. The highest BCUT2D eigenvalue weighted by Gasteiger charge is 2.44. The van der Waals surface area contributed by atoms with Gasteiger partial charge in [-0.1, -0.05) is 0 Å². The van der Waals surface area contributed by atoms with Gasteiger partial charge in [0.05, 0.1) is 25.2 Å². The third-order valence-electron chi connectivity index (χ3n) is 2.92. The topological polar surface area (TPSA) is 44.5 Å². The minimum absolute atomic E-state index is 0.0405. The second-order valence-electron chi connectivity index (χ2n) is 4.12. The van der Waals surface area contributed by atoms with Crippen molar-refractivity contribution in [1.29, 1.82) is 0 Å². The Labute approximate surface area is 93.1 Å². The zero-order valence-electron chi connectivity index (χ0n) is 9.30. The van der Waals surface area contributed by atoms with Gasteiger partial charge in [-0.3, -0.25) is 0 Å². The number of alkyl halides is 3. The summed E-state index contributed by atoms with van der Waals surface area (Å²) < 4.78 is 47.5. The number of halogens is 3. The smallest absolute Gasteiger partial charge is 0.382 e. The highest BCUT2D eigenvalue weighted by Crippen LogP contribution is 2.37. The van der Waals surface area contributed by atoms with E-state index in [2.05, 4.69) is 0 Å². The van der Waals surface area contributed by atoms with Gasteiger partial charge in [0.1, 0.15) is 0 Å². The van der Waals surface area contributed by atoms with Crippen LogP contribution in [0.5, 0.6) is 0 Å². The van der Waals surface area contributed by atoms with E-state index in [9.17, 15) is 13.2 Å². The Bertz CT molecular complexity index is 211. The first-order chi connectivity index (χ1) is 7.45. The summed E-state index contributed by atoms with van der Waals surface area (Å²) in [6, 6.07) is -0.530. The fourth-order valence-electron chi connectivity index (χ4n) is 1.96. The van der Waals surface area contributed by atoms with Crippen molar-refractivity contribution in [3.05, 3.63) is 0 Å². The van der Waals surface area contributed by atoms with Gasteiger partial charge in [0.25, 0.3) is 0 Å². The number of nitrogens with two attached hydrogens (primary N) is 1. The Morgan fingerprint density at radius 3 is 2.44 bits per heavy atom. The Morgan fingerprint density at radius 1 is 1.25 bits per heavy atom. The van der Waals surface area contributed by atoms with Crippen molar-refractivity contribution >= 4 is 0 Å². The summed E-state index contributed by atoms with van der Waals surface area (Å²) in [4.78, 5) is 0. The first kappa shape index (κ1) is 13.7. The molecule has 0 aliphatic heterocycles. The molecule has 3 atom stereocenters. The Kier molecular flexibility index (Phi) is 5.01. The van der Waals surface area contributed by atoms with Gasteiger partial charge in [0, 0.05) is 13.2 Å². The molecule has 0 bridgehead atoms. The minimum atomic E-state index is -4.13. The van der Waals surface area contributed by atoms with Gasteiger partial charge < -0.3 is 15.2 Å². The third-order valence-corrected chi connectivity index (χ3v) is 2.92. The molecular formula is C10H18F3NO2. The highest BCUT2D eigenvalue weighted by atomic mass is 19.4. The van der Waals surface area contributed by atoms with E-state index >= 15 is 0 Å². The second kappa shape index (κ2) is 5.84. The van der Waals surface area contributed by atoms with Gasteiger partial charge in [-0.15, -0.1) is 0 Å². The Morgan fingerprint density at radius 2 is 1.94 bits per heavy atom. The van der Waals surface area contributed by atoms with E-state index in [1.165, 1.54) is 0 Å². The quantitative estimate of drug-likeness (QED) is 0.762. The van der Waals surface area contributed by atoms with Crippen LogP contribution in [0.25, 0.3) is 0 Å². The van der Waals surface area contributed by atoms with Crippen molar-refractivity contribution in [2.24, 2.45) is 11.7 Å². The molecule has 0 saturated heterocycles. The maximum atomic E-state index is 12.4. The summed E-state index contributed by atoms with van der Waals surface area (Å²) in [5, 5.41) is 0. The lowest BCUT2D eigenvalue weighted by atomic mass is 9.84. The van der Waals surface area contributed by atoms with Crippen LogP contribution in [0, 0.1) is 5.92 Å². The van der Waals surface area contributed by atoms with Crippen molar-refractivity contribution in [3.8, 4) is 0 Å². The lowest BCUT2D eigenvalue weighted by molar-refractivity contribution is -0.190. The van der Waals surface area contributed by atoms with Gasteiger partial charge in [-0.05, 0) is 19.3 Å². The van der Waals surface area contributed by atoms with E-state index in [-0.39, 0.29) is 18.9 Å². The maximum Gasteiger partial charge on any atom is 0.391 e. The molecular weight excluding hydrogens is 223 g/mol. The van der Waals surface area contributed by atoms with Crippen molar-refractivity contribution in [2.45, 2.75) is 37.6 Å². The summed E-state index contributed by atoms with van der Waals surface area (Å²) in [5.41, 5.74) is 5.68. The van der Waals surface area contributed by atoms with E-state index in [1.54, 1.807) is 7.11 Å². The second-order valence-corrected chi connectivity index (χ2v) is 4.12. The molecule has 0 radical (unpaired) electrons. The third kappa shape index (κ3) is 3.92. The Balaban J connectivity index is 2.34. The molecule has 0 aromatic rings. The molecule has 2 N–H and O–H groups in total. The average Bonchev–Trinajstić information content (AvgIpc) is 2.19. The minimum Gasteiger partial charge on any atom is -0.382 e. The molecule has 0 heterocycles. The summed E-state index contributed by atoms with van der Waals surface area (Å²) in [6.45, 7) is 0.817. The summed E-state index contributed by atoms with van der Waals surface area (Å²) in [6.07, 6.45) is -3.96. The number of ether oxygens (including phenoxy) is 2. The average molecular weight is 241 g/mol. The van der Waals surface area contributed by atoms with Crippen LogP contribution in [-0.4, -0.2) is 38.6 Å². The molecule has 1 rings (SSSR count). The highest BCUT2D eigenvalue weighted by molar-refractivity contribution is 4.86. The molecule has 96 valence electrons. The van der Waals surface area contributed by atoms with E-state index in [0.717, 1.165) is 0 Å². The molecule has 6 heteroatoms. The number of hydrogen-bond acceptors (Lipinski definition) is 3. The zero-order valence-corrected chi connectivity index (χ0v) is 9.30. The first-order valence-electron chi connectivity index (χ1n) is 5.38. The van der Waals surface area contributed by atoms with Crippen LogP contribution in [0.15, 0.2) is 0 Å². The molecule has 1 saturated carbocycles. The van der Waals surface area contributed by atoms with E-state index < -0.39 is 18.1 Å². The summed E-state index contributed by atoms with van der Waals surface area (Å²) >= 11 is 0. The molecule has 3 nitrogen and oxygen atoms in total. The van der Waals surface area contributed by atoms with Crippen molar-refractivity contribution in [3.63, 3.8) is 0 Å². The molecule has 1 fully saturated rings. The monoisotopic (exact) mass is 241 g/mol. The van der Waals surface area contributed by atoms with E-state index in [0.29, 0.717) is 19.6 Å². The molecule has 1 aliphatic carbocycles. The molecule has 0 unspecified atom stereocenters. The lowest BCUT2D eigenvalue weighted by Crippen LogP contribution is -2.45. The standard InChI is InChI=1S/C10H18F3NO2/c1-15-4-5-16-9-3-2-7(6-8(9)14)10(11,12)13/h7-9H,2-6,14H2,1H3/t7-,8-,9+/m0/s1. The predicted octanol–water partition coefficient (Wildman–Crippen LogP) is 1.71. The summed E-state index contributed by atoms with van der Waals surface area (Å²) in [7, 11) is 1.55. The molecule has 0 amide bonds. The Hall–Kier alpha value is -0.330. The van der Waals surface area contributed by atoms with Crippen molar-refractivity contribution < 1.29 is 22.6 Å². The van der Waals surface area contributed by atoms with Gasteiger partial charge in [0.2, 0.25) is 0 Å². The van der Waals surface area contributed by atoms with Crippen LogP contribution in [0.3, 0.4) is 0 Å². The van der Waals surface area contributed by atoms with Crippen molar-refractivity contribution in [2.75, 3.05) is 20.3 Å². The molecule has 0 spiro atoms. The van der Waals surface area contributed by atoms with E-state index in [4.69, 9.17) is 15.2 Å². The van der Waals surface area contributed by atoms with Gasteiger partial charge in [0.15, 0.2) is 0 Å². The van der Waals surface area contributed by atoms with Crippen LogP contribution < -0.4 is 5.73 Å². The molecule has 0 aromatic carbocycles. The lowest BCUT2D eigenvalue weighted by Gasteiger charge is -2.34. The summed E-state index contributed by atoms with van der Waals surface area (Å²) in [5.74, 6) is -1.27. The van der Waals surface area contributed by atoms with Gasteiger partial charge >= 0.3 is 6.18 Å². The van der Waals surface area contributed by atoms with Crippen LogP contribution in [0.2, 0.25) is 0 Å². The first-order valence-corrected chi connectivity index (χ1v) is 5.38. The molecule has 16 heavy (non-hydrogen) atoms. The van der Waals surface area contributed by atoms with Crippen LogP contribution >= 0.6 is 0 Å². The predicted molar refractivity (Wildman–Crippen MR) is 53.0 cm³/mol. The molecule has 0 aromatic heterocycles. The molecule has 1 aliphatic rings. The maximum absolute atomic E-state index is 12.4. The van der Waals surface area contributed by atoms with Crippen LogP contribution in [0.4, 0.5) is 13.2 Å². The zero-order chi connectivity index (χ0) is 12.2. The van der Waals surface area contributed by atoms with Crippen LogP contribution in [-0.2, 0) is 9.47 Å². The number of rotatable bonds is 4. The van der Waals surface area contributed by atoms with Crippen LogP contribution in [0.1, 0.15) is 19.3 Å². The number of methoxy groups -OCH3 is 1. The van der Waals surface area contributed by atoms with Gasteiger partial charge in [-0.25, -0.2) is 0 Å².